The third-order valence-corrected chi connectivity index (χ3v) is 3.93. The molecule has 8 nitrogen and oxygen atoms in total. The molecule has 2 aromatic carbocycles. The highest BCUT2D eigenvalue weighted by Crippen LogP contribution is 2.30. The van der Waals surface area contributed by atoms with Crippen molar-refractivity contribution in [3.8, 4) is 11.4 Å². The van der Waals surface area contributed by atoms with Crippen molar-refractivity contribution in [1.29, 1.82) is 0 Å². The number of halogens is 4. The molecule has 0 fully saturated rings. The Balaban J connectivity index is 1.71. The van der Waals surface area contributed by atoms with Crippen molar-refractivity contribution in [1.82, 2.24) is 10.1 Å². The van der Waals surface area contributed by atoms with Crippen molar-refractivity contribution in [3.63, 3.8) is 0 Å². The first-order valence-electron chi connectivity index (χ1n) is 8.22. The van der Waals surface area contributed by atoms with Crippen LogP contribution < -0.4 is 21.5 Å². The molecule has 12 heteroatoms. The molecule has 2 N–H and O–H groups in total. The van der Waals surface area contributed by atoms with E-state index in [2.05, 4.69) is 25.3 Å². The number of nitrogens with zero attached hydrogens (tertiary/aromatic N) is 2. The summed E-state index contributed by atoms with van der Waals surface area (Å²) in [6.07, 6.45) is -4.83. The van der Waals surface area contributed by atoms with Gasteiger partial charge in [-0.05, 0) is 17.7 Å². The van der Waals surface area contributed by atoms with E-state index in [1.165, 1.54) is 19.2 Å². The molecule has 1 aromatic heterocycles. The summed E-state index contributed by atoms with van der Waals surface area (Å²) < 4.78 is 60.8. The molecule has 3 rings (SSSR count). The smallest absolute Gasteiger partial charge is 0.383 e. The van der Waals surface area contributed by atoms with E-state index in [0.29, 0.717) is 18.7 Å². The van der Waals surface area contributed by atoms with Gasteiger partial charge in [0.25, 0.3) is 10.9 Å². The van der Waals surface area contributed by atoms with Crippen LogP contribution in [0.15, 0.2) is 32.3 Å². The fourth-order valence-corrected chi connectivity index (χ4v) is 2.50. The molecule has 0 aliphatic heterocycles. The lowest BCUT2D eigenvalue weighted by atomic mass is 10.1. The molecule has 0 amide bonds. The lowest BCUT2D eigenvalue weighted by molar-refractivity contribution is -0.159. The van der Waals surface area contributed by atoms with Gasteiger partial charge in [0.15, 0.2) is 0 Å². The van der Waals surface area contributed by atoms with Gasteiger partial charge in [0.05, 0.1) is 12.2 Å². The molecule has 1 heterocycles. The number of alkyl halides is 3. The summed E-state index contributed by atoms with van der Waals surface area (Å²) in [7, 11) is 1.49. The first kappa shape index (κ1) is 20.5. The Kier molecular flexibility index (Phi) is 5.64. The fraction of sp³-hybridized carbons (Fsp3) is 0.294. The van der Waals surface area contributed by atoms with Crippen molar-refractivity contribution >= 4 is 11.4 Å². The molecule has 3 aromatic rings. The lowest BCUT2D eigenvalue weighted by Crippen LogP contribution is -2.37. The highest BCUT2D eigenvalue weighted by Gasteiger charge is 2.38. The largest absolute Gasteiger partial charge is 0.471 e. The van der Waals surface area contributed by atoms with Gasteiger partial charge in [-0.3, -0.25) is 9.59 Å². The van der Waals surface area contributed by atoms with E-state index in [-0.39, 0.29) is 23.5 Å². The summed E-state index contributed by atoms with van der Waals surface area (Å²) in [5.74, 6) is -2.99. The number of ether oxygens (including phenoxy) is 1. The van der Waals surface area contributed by atoms with Gasteiger partial charge in [-0.15, -0.1) is 0 Å². The van der Waals surface area contributed by atoms with Crippen molar-refractivity contribution < 1.29 is 26.8 Å². The van der Waals surface area contributed by atoms with Crippen LogP contribution in [0.5, 0.6) is 0 Å². The molecule has 0 aliphatic rings. The average Bonchev–Trinajstić information content (AvgIpc) is 3.17. The Labute approximate surface area is 160 Å². The van der Waals surface area contributed by atoms with Gasteiger partial charge >= 0.3 is 12.1 Å². The van der Waals surface area contributed by atoms with Crippen LogP contribution in [0, 0.1) is 5.82 Å². The Morgan fingerprint density at radius 2 is 1.83 bits per heavy atom. The quantitative estimate of drug-likeness (QED) is 0.328. The van der Waals surface area contributed by atoms with Crippen LogP contribution in [0.3, 0.4) is 0 Å². The van der Waals surface area contributed by atoms with E-state index in [1.807, 2.05) is 0 Å². The molecule has 0 aliphatic carbocycles. The zero-order valence-corrected chi connectivity index (χ0v) is 14.9. The monoisotopic (exact) mass is 414 g/mol. The van der Waals surface area contributed by atoms with Gasteiger partial charge in [0.2, 0.25) is 5.82 Å². The first-order chi connectivity index (χ1) is 13.7. The van der Waals surface area contributed by atoms with Crippen LogP contribution in [0.25, 0.3) is 11.4 Å². The third-order valence-electron chi connectivity index (χ3n) is 3.93. The summed E-state index contributed by atoms with van der Waals surface area (Å²) in [4.78, 5) is 26.4. The van der Waals surface area contributed by atoms with Gasteiger partial charge in [-0.1, -0.05) is 11.2 Å². The van der Waals surface area contributed by atoms with E-state index in [9.17, 15) is 27.2 Å². The second-order valence-electron chi connectivity index (χ2n) is 5.92. The van der Waals surface area contributed by atoms with E-state index in [1.54, 1.807) is 0 Å². The molecule has 0 saturated heterocycles. The zero-order chi connectivity index (χ0) is 21.2. The standard InChI is InChI=1S/C17H14F4N4O4/c1-28-5-4-22-11-12(14(27)13(11)26)23-7-8-2-3-9(10(18)6-8)15-24-16(29-25-15)17(19,20)21/h2-3,6,22-23H,4-5,7H2,1H3. The number of benzene rings is 1. The summed E-state index contributed by atoms with van der Waals surface area (Å²) in [5, 5.41) is 8.65. The van der Waals surface area contributed by atoms with Crippen molar-refractivity contribution in [3.05, 3.63) is 55.9 Å². The number of hydrogen-bond donors (Lipinski definition) is 2. The van der Waals surface area contributed by atoms with Gasteiger partial charge < -0.3 is 19.9 Å². The lowest BCUT2D eigenvalue weighted by Gasteiger charge is -2.14. The molecular formula is C17H14F4N4O4. The highest BCUT2D eigenvalue weighted by molar-refractivity contribution is 5.74. The van der Waals surface area contributed by atoms with E-state index >= 15 is 0 Å². The molecule has 0 unspecified atom stereocenters. The van der Waals surface area contributed by atoms with Crippen LogP contribution in [-0.2, 0) is 17.5 Å². The molecule has 29 heavy (non-hydrogen) atoms. The van der Waals surface area contributed by atoms with Gasteiger partial charge in [-0.25, -0.2) is 4.39 Å². The van der Waals surface area contributed by atoms with E-state index < -0.39 is 34.6 Å². The van der Waals surface area contributed by atoms with Crippen molar-refractivity contribution in [2.75, 3.05) is 30.9 Å². The maximum absolute atomic E-state index is 14.3. The van der Waals surface area contributed by atoms with Gasteiger partial charge in [0, 0.05) is 20.2 Å². The Morgan fingerprint density at radius 1 is 1.14 bits per heavy atom. The third kappa shape index (κ3) is 4.26. The molecule has 0 spiro atoms. The maximum Gasteiger partial charge on any atom is 0.471 e. The SMILES string of the molecule is COCCNc1c(NCc2ccc(-c3noc(C(F)(F)F)n3)c(F)c2)c(=O)c1=O. The fourth-order valence-electron chi connectivity index (χ4n) is 2.50. The first-order valence-corrected chi connectivity index (χ1v) is 8.22. The molecule has 0 bridgehead atoms. The minimum Gasteiger partial charge on any atom is -0.383 e. The van der Waals surface area contributed by atoms with Crippen LogP contribution in [0.1, 0.15) is 11.5 Å². The number of anilines is 2. The van der Waals surface area contributed by atoms with E-state index in [4.69, 9.17) is 4.74 Å². The number of hydrogen-bond acceptors (Lipinski definition) is 8. The Bertz CT molecular complexity index is 1090. The van der Waals surface area contributed by atoms with Crippen LogP contribution in [-0.4, -0.2) is 30.4 Å². The summed E-state index contributed by atoms with van der Waals surface area (Å²) in [6, 6.07) is 3.66. The Morgan fingerprint density at radius 3 is 2.41 bits per heavy atom. The molecule has 154 valence electrons. The maximum atomic E-state index is 14.3. The second kappa shape index (κ2) is 7.99. The van der Waals surface area contributed by atoms with Gasteiger partial charge in [0.1, 0.15) is 17.2 Å². The Hall–Kier alpha value is -3.28. The van der Waals surface area contributed by atoms with Crippen LogP contribution in [0.2, 0.25) is 0 Å². The van der Waals surface area contributed by atoms with Gasteiger partial charge in [-0.2, -0.15) is 18.2 Å². The molecule has 0 radical (unpaired) electrons. The predicted molar refractivity (Wildman–Crippen MR) is 93.7 cm³/mol. The van der Waals surface area contributed by atoms with Crippen LogP contribution >= 0.6 is 0 Å². The van der Waals surface area contributed by atoms with Crippen LogP contribution in [0.4, 0.5) is 28.9 Å². The highest BCUT2D eigenvalue weighted by atomic mass is 19.4. The molecule has 0 saturated carbocycles. The predicted octanol–water partition coefficient (Wildman–Crippen LogP) is 2.16. The van der Waals surface area contributed by atoms with Crippen molar-refractivity contribution in [2.45, 2.75) is 12.7 Å². The topological polar surface area (TPSA) is 106 Å². The zero-order valence-electron chi connectivity index (χ0n) is 14.9. The molecule has 0 atom stereocenters. The number of methoxy groups -OCH3 is 1. The summed E-state index contributed by atoms with van der Waals surface area (Å²) >= 11 is 0. The van der Waals surface area contributed by atoms with E-state index in [0.717, 1.165) is 6.07 Å². The average molecular weight is 414 g/mol. The number of rotatable bonds is 8. The van der Waals surface area contributed by atoms with Crippen molar-refractivity contribution in [2.24, 2.45) is 0 Å². The number of aromatic nitrogens is 2. The molecular weight excluding hydrogens is 400 g/mol. The summed E-state index contributed by atoms with van der Waals surface area (Å²) in [6.45, 7) is 0.655. The normalized spacial score (nSPS) is 11.8. The minimum atomic E-state index is -4.83. The number of nitrogens with one attached hydrogen (secondary N) is 2. The summed E-state index contributed by atoms with van der Waals surface area (Å²) in [5.41, 5.74) is -1.07. The minimum absolute atomic E-state index is 0.00105. The second-order valence-corrected chi connectivity index (χ2v) is 5.92.